The third-order valence-electron chi connectivity index (χ3n) is 6.99. The van der Waals surface area contributed by atoms with Gasteiger partial charge in [0.1, 0.15) is 23.0 Å². The van der Waals surface area contributed by atoms with E-state index in [1.54, 1.807) is 0 Å². The van der Waals surface area contributed by atoms with Crippen LogP contribution in [0.1, 0.15) is 22.3 Å². The van der Waals surface area contributed by atoms with E-state index in [2.05, 4.69) is 9.47 Å². The molecule has 0 fully saturated rings. The van der Waals surface area contributed by atoms with Crippen LogP contribution in [0.5, 0.6) is 23.0 Å². The Bertz CT molecular complexity index is 1870. The Balaban J connectivity index is 1.91. The van der Waals surface area contributed by atoms with Crippen LogP contribution in [-0.2, 0) is 25.7 Å². The third-order valence-corrected chi connectivity index (χ3v) is 8.76. The number of aromatic hydroxyl groups is 2. The Morgan fingerprint density at radius 1 is 0.429 bits per heavy atom. The van der Waals surface area contributed by atoms with E-state index in [-0.39, 0.29) is 33.8 Å². The van der Waals surface area contributed by atoms with Gasteiger partial charge in [0.15, 0.2) is 0 Å². The highest BCUT2D eigenvalue weighted by molar-refractivity contribution is 7.87. The summed E-state index contributed by atoms with van der Waals surface area (Å²) in [6.45, 7) is 0. The first kappa shape index (κ1) is 37.2. The lowest BCUT2D eigenvalue weighted by molar-refractivity contribution is -0.274. The maximum absolute atomic E-state index is 14.2. The first-order valence-electron chi connectivity index (χ1n) is 13.0. The number of ether oxygens (including phenoxy) is 2. The number of benzene rings is 4. The minimum absolute atomic E-state index is 0.0398. The standard InChI is InChI=1S/C29H20F8O10S2/c30-26(31,28(34,35)48(40,41)42)46-23-13-5-19(6-14-23)25(17-1-9-21(38)10-2-17,18-3-11-22(39)12-4-18)20-7-15-24(16-8-20)47-27(32,33)29(36,37)49(43,44)45/h1-16,38-39H,(H,40,41,42)(H,43,44,45). The molecule has 0 radical (unpaired) electrons. The third kappa shape index (κ3) is 6.67. The van der Waals surface area contributed by atoms with E-state index in [9.17, 15) is 62.2 Å². The summed E-state index contributed by atoms with van der Waals surface area (Å²) in [5, 5.41) is 7.75. The lowest BCUT2D eigenvalue weighted by Gasteiger charge is -2.37. The van der Waals surface area contributed by atoms with Crippen LogP contribution in [0, 0.1) is 0 Å². The van der Waals surface area contributed by atoms with E-state index < -0.39 is 59.9 Å². The zero-order chi connectivity index (χ0) is 36.8. The molecule has 0 amide bonds. The molecule has 10 nitrogen and oxygen atoms in total. The number of phenolic OH excluding ortho intramolecular Hbond substituents is 2. The van der Waals surface area contributed by atoms with Gasteiger partial charge in [0, 0.05) is 0 Å². The van der Waals surface area contributed by atoms with Gasteiger partial charge in [-0.3, -0.25) is 9.11 Å². The van der Waals surface area contributed by atoms with Crippen LogP contribution < -0.4 is 9.47 Å². The van der Waals surface area contributed by atoms with Crippen LogP contribution >= 0.6 is 0 Å². The molecular weight excluding hydrogens is 724 g/mol. The second kappa shape index (κ2) is 12.3. The Morgan fingerprint density at radius 3 is 0.878 bits per heavy atom. The molecule has 0 saturated carbocycles. The van der Waals surface area contributed by atoms with Crippen LogP contribution in [0.2, 0.25) is 0 Å². The average Bonchev–Trinajstić information content (AvgIpc) is 2.99. The van der Waals surface area contributed by atoms with Gasteiger partial charge in [0.2, 0.25) is 0 Å². The number of rotatable bonds is 12. The molecule has 0 aliphatic carbocycles. The number of halogens is 8. The quantitative estimate of drug-likeness (QED) is 0.0726. The van der Waals surface area contributed by atoms with Gasteiger partial charge in [-0.25, -0.2) is 0 Å². The Hall–Kier alpha value is -4.66. The maximum Gasteiger partial charge on any atom is 0.483 e. The van der Waals surface area contributed by atoms with Crippen molar-refractivity contribution < 1.29 is 80.8 Å². The maximum atomic E-state index is 14.2. The van der Waals surface area contributed by atoms with Crippen LogP contribution in [0.15, 0.2) is 97.1 Å². The van der Waals surface area contributed by atoms with Gasteiger partial charge in [-0.15, -0.1) is 0 Å². The predicted molar refractivity (Wildman–Crippen MR) is 152 cm³/mol. The summed E-state index contributed by atoms with van der Waals surface area (Å²) in [6.07, 6.45) is -11.6. The first-order chi connectivity index (χ1) is 22.4. The molecule has 0 unspecified atom stereocenters. The summed E-state index contributed by atoms with van der Waals surface area (Å²) >= 11 is 0. The smallest absolute Gasteiger partial charge is 0.483 e. The molecule has 0 heterocycles. The molecule has 264 valence electrons. The SMILES string of the molecule is O=S(=O)(O)C(F)(F)C(F)(F)Oc1ccc(C(c2ccc(O)cc2)(c2ccc(O)cc2)c2ccc(OC(F)(F)C(F)(F)S(=O)(=O)O)cc2)cc1. The zero-order valence-corrected chi connectivity index (χ0v) is 25.4. The Morgan fingerprint density at radius 2 is 0.653 bits per heavy atom. The first-order valence-corrected chi connectivity index (χ1v) is 15.9. The zero-order valence-electron chi connectivity index (χ0n) is 23.8. The van der Waals surface area contributed by atoms with Gasteiger partial charge in [-0.2, -0.15) is 52.0 Å². The van der Waals surface area contributed by atoms with Crippen molar-refractivity contribution in [2.45, 2.75) is 28.1 Å². The Labute approximate surface area is 271 Å². The molecule has 0 spiro atoms. The fraction of sp³-hybridized carbons (Fsp3) is 0.172. The van der Waals surface area contributed by atoms with Crippen LogP contribution in [0.25, 0.3) is 0 Å². The van der Waals surface area contributed by atoms with Crippen molar-refractivity contribution in [2.24, 2.45) is 0 Å². The van der Waals surface area contributed by atoms with Crippen molar-refractivity contribution in [1.82, 2.24) is 0 Å². The van der Waals surface area contributed by atoms with E-state index in [4.69, 9.17) is 9.11 Å². The fourth-order valence-corrected chi connectivity index (χ4v) is 5.37. The summed E-state index contributed by atoms with van der Waals surface area (Å²) in [5.74, 6) is -2.57. The lowest BCUT2D eigenvalue weighted by atomic mass is 9.65. The van der Waals surface area contributed by atoms with Gasteiger partial charge >= 0.3 is 43.0 Å². The minimum Gasteiger partial charge on any atom is -0.508 e. The Kier molecular flexibility index (Phi) is 9.36. The monoisotopic (exact) mass is 744 g/mol. The van der Waals surface area contributed by atoms with Gasteiger partial charge in [-0.1, -0.05) is 48.5 Å². The summed E-state index contributed by atoms with van der Waals surface area (Å²) < 4.78 is 180. The highest BCUT2D eigenvalue weighted by Crippen LogP contribution is 2.48. The van der Waals surface area contributed by atoms with Crippen LogP contribution in [0.4, 0.5) is 35.1 Å². The molecular formula is C29H20F8O10S2. The molecule has 0 aliphatic heterocycles. The van der Waals surface area contributed by atoms with Gasteiger partial charge in [0.05, 0.1) is 5.41 Å². The molecule has 0 bridgehead atoms. The normalized spacial score (nSPS) is 13.6. The molecule has 4 rings (SSSR count). The largest absolute Gasteiger partial charge is 0.508 e. The van der Waals surface area contributed by atoms with Crippen molar-refractivity contribution in [3.8, 4) is 23.0 Å². The van der Waals surface area contributed by atoms with Crippen molar-refractivity contribution in [1.29, 1.82) is 0 Å². The minimum atomic E-state index is -6.65. The summed E-state index contributed by atoms with van der Waals surface area (Å²) in [5.41, 5.74) is -1.23. The van der Waals surface area contributed by atoms with Crippen LogP contribution in [-0.4, -0.2) is 58.9 Å². The number of alkyl halides is 8. The highest BCUT2D eigenvalue weighted by Gasteiger charge is 2.70. The van der Waals surface area contributed by atoms with Gasteiger partial charge in [-0.05, 0) is 70.8 Å². The molecule has 0 atom stereocenters. The second-order valence-corrected chi connectivity index (χ2v) is 13.0. The molecule has 4 N–H and O–H groups in total. The molecule has 4 aromatic carbocycles. The molecule has 0 aromatic heterocycles. The molecule has 0 saturated heterocycles. The highest BCUT2D eigenvalue weighted by atomic mass is 32.2. The lowest BCUT2D eigenvalue weighted by Crippen LogP contribution is -2.50. The van der Waals surface area contributed by atoms with E-state index in [1.165, 1.54) is 48.5 Å². The van der Waals surface area contributed by atoms with Crippen molar-refractivity contribution in [3.05, 3.63) is 119 Å². The number of hydrogen-bond acceptors (Lipinski definition) is 8. The van der Waals surface area contributed by atoms with Gasteiger partial charge < -0.3 is 19.7 Å². The summed E-state index contributed by atoms with van der Waals surface area (Å²) in [7, 11) is -13.3. The number of hydrogen-bond donors (Lipinski definition) is 4. The van der Waals surface area contributed by atoms with E-state index in [1.807, 2.05) is 0 Å². The summed E-state index contributed by atoms with van der Waals surface area (Å²) in [6, 6.07) is 17.1. The van der Waals surface area contributed by atoms with Crippen molar-refractivity contribution >= 4 is 20.2 Å². The van der Waals surface area contributed by atoms with Crippen molar-refractivity contribution in [3.63, 3.8) is 0 Å². The summed E-state index contributed by atoms with van der Waals surface area (Å²) in [4.78, 5) is 0. The molecule has 4 aromatic rings. The van der Waals surface area contributed by atoms with Crippen molar-refractivity contribution in [2.75, 3.05) is 0 Å². The molecule has 0 aliphatic rings. The van der Waals surface area contributed by atoms with Gasteiger partial charge in [0.25, 0.3) is 0 Å². The van der Waals surface area contributed by atoms with E-state index >= 15 is 0 Å². The topological polar surface area (TPSA) is 168 Å². The fourth-order valence-electron chi connectivity index (χ4n) is 4.68. The van der Waals surface area contributed by atoms with E-state index in [0.717, 1.165) is 24.3 Å². The molecule has 49 heavy (non-hydrogen) atoms. The molecule has 20 heteroatoms. The number of phenols is 2. The average molecular weight is 745 g/mol. The van der Waals surface area contributed by atoms with E-state index in [0.29, 0.717) is 24.3 Å². The second-order valence-electron chi connectivity index (χ2n) is 10.1. The predicted octanol–water partition coefficient (Wildman–Crippen LogP) is 6.38. The van der Waals surface area contributed by atoms with Crippen LogP contribution in [0.3, 0.4) is 0 Å².